The summed E-state index contributed by atoms with van der Waals surface area (Å²) in [6, 6.07) is 3.94. The van der Waals surface area contributed by atoms with E-state index in [1.54, 1.807) is 7.05 Å². The Bertz CT molecular complexity index is 785. The minimum Gasteiger partial charge on any atom is -0.384 e. The van der Waals surface area contributed by atoms with E-state index >= 15 is 0 Å². The standard InChI is InChI=1S/C12H14FN5O2S/c1-18-7-10(6-16-18)21(19,20)17-5-9-3-2-8(12(14)15)4-11(9)13/h2-4,6-7,17H,5H2,1H3,(H3,14,15). The number of hydrogen-bond acceptors (Lipinski definition) is 4. The molecule has 0 aliphatic heterocycles. The Morgan fingerprint density at radius 1 is 1.52 bits per heavy atom. The molecule has 9 heteroatoms. The van der Waals surface area contributed by atoms with Crippen LogP contribution in [0.2, 0.25) is 0 Å². The molecule has 0 aliphatic rings. The Labute approximate surface area is 121 Å². The molecule has 0 fully saturated rings. The number of aromatic nitrogens is 2. The van der Waals surface area contributed by atoms with Crippen molar-refractivity contribution in [2.24, 2.45) is 12.8 Å². The van der Waals surface area contributed by atoms with Crippen LogP contribution in [0.25, 0.3) is 0 Å². The number of sulfonamides is 1. The van der Waals surface area contributed by atoms with Gasteiger partial charge in [-0.15, -0.1) is 0 Å². The van der Waals surface area contributed by atoms with Crippen molar-refractivity contribution in [3.05, 3.63) is 47.5 Å². The summed E-state index contributed by atoms with van der Waals surface area (Å²) in [5, 5.41) is 11.0. The van der Waals surface area contributed by atoms with Gasteiger partial charge >= 0.3 is 0 Å². The van der Waals surface area contributed by atoms with Crippen molar-refractivity contribution in [3.8, 4) is 0 Å². The van der Waals surface area contributed by atoms with Crippen LogP contribution in [0.15, 0.2) is 35.5 Å². The molecule has 112 valence electrons. The summed E-state index contributed by atoms with van der Waals surface area (Å²) in [5.74, 6) is -0.882. The van der Waals surface area contributed by atoms with E-state index in [1.165, 1.54) is 29.2 Å². The maximum absolute atomic E-state index is 13.8. The largest absolute Gasteiger partial charge is 0.384 e. The van der Waals surface area contributed by atoms with Crippen molar-refractivity contribution in [3.63, 3.8) is 0 Å². The van der Waals surface area contributed by atoms with Crippen LogP contribution in [0, 0.1) is 11.2 Å². The molecule has 1 heterocycles. The lowest BCUT2D eigenvalue weighted by Crippen LogP contribution is -2.23. The van der Waals surface area contributed by atoms with E-state index in [1.807, 2.05) is 0 Å². The molecule has 2 aromatic rings. The quantitative estimate of drug-likeness (QED) is 0.545. The zero-order valence-corrected chi connectivity index (χ0v) is 12.0. The predicted octanol–water partition coefficient (Wildman–Crippen LogP) is 0.322. The van der Waals surface area contributed by atoms with Gasteiger partial charge < -0.3 is 5.73 Å². The molecule has 0 amide bonds. The van der Waals surface area contributed by atoms with E-state index in [2.05, 4.69) is 9.82 Å². The van der Waals surface area contributed by atoms with E-state index in [0.29, 0.717) is 0 Å². The fourth-order valence-corrected chi connectivity index (χ4v) is 2.64. The van der Waals surface area contributed by atoms with Gasteiger partial charge in [-0.3, -0.25) is 10.1 Å². The van der Waals surface area contributed by atoms with Crippen LogP contribution in [-0.2, 0) is 23.6 Å². The number of nitrogen functional groups attached to an aromatic ring is 1. The Balaban J connectivity index is 2.15. The third kappa shape index (κ3) is 3.44. The van der Waals surface area contributed by atoms with Crippen molar-refractivity contribution in [1.29, 1.82) is 5.41 Å². The van der Waals surface area contributed by atoms with Crippen LogP contribution >= 0.6 is 0 Å². The maximum atomic E-state index is 13.8. The van der Waals surface area contributed by atoms with Crippen LogP contribution in [0.4, 0.5) is 4.39 Å². The SMILES string of the molecule is Cn1cc(S(=O)(=O)NCc2ccc(C(=N)N)cc2F)cn1. The lowest BCUT2D eigenvalue weighted by molar-refractivity contribution is 0.574. The van der Waals surface area contributed by atoms with Crippen LogP contribution in [-0.4, -0.2) is 24.0 Å². The molecular weight excluding hydrogens is 297 g/mol. The molecule has 0 saturated heterocycles. The van der Waals surface area contributed by atoms with Crippen molar-refractivity contribution in [2.45, 2.75) is 11.4 Å². The molecule has 2 rings (SSSR count). The van der Waals surface area contributed by atoms with Gasteiger partial charge in [0.2, 0.25) is 10.0 Å². The highest BCUT2D eigenvalue weighted by atomic mass is 32.2. The maximum Gasteiger partial charge on any atom is 0.243 e. The van der Waals surface area contributed by atoms with E-state index in [9.17, 15) is 12.8 Å². The van der Waals surface area contributed by atoms with Crippen LogP contribution in [0.1, 0.15) is 11.1 Å². The van der Waals surface area contributed by atoms with Crippen molar-refractivity contribution in [1.82, 2.24) is 14.5 Å². The van der Waals surface area contributed by atoms with Gasteiger partial charge in [-0.2, -0.15) is 5.10 Å². The number of nitrogens with zero attached hydrogens (tertiary/aromatic N) is 2. The van der Waals surface area contributed by atoms with Gasteiger partial charge in [0, 0.05) is 30.9 Å². The van der Waals surface area contributed by atoms with E-state index in [-0.39, 0.29) is 28.4 Å². The molecule has 0 atom stereocenters. The van der Waals surface area contributed by atoms with Gasteiger partial charge in [0.25, 0.3) is 0 Å². The number of benzene rings is 1. The number of hydrogen-bond donors (Lipinski definition) is 3. The molecule has 0 aliphatic carbocycles. The molecule has 1 aromatic heterocycles. The second-order valence-corrected chi connectivity index (χ2v) is 6.16. The third-order valence-corrected chi connectivity index (χ3v) is 4.16. The second-order valence-electron chi connectivity index (χ2n) is 4.39. The Morgan fingerprint density at radius 3 is 2.76 bits per heavy atom. The molecule has 0 spiro atoms. The smallest absolute Gasteiger partial charge is 0.243 e. The highest BCUT2D eigenvalue weighted by Gasteiger charge is 2.16. The molecule has 7 nitrogen and oxygen atoms in total. The first kappa shape index (κ1) is 15.1. The van der Waals surface area contributed by atoms with Gasteiger partial charge in [-0.1, -0.05) is 12.1 Å². The summed E-state index contributed by atoms with van der Waals surface area (Å²) in [6.07, 6.45) is 2.55. The molecule has 21 heavy (non-hydrogen) atoms. The second kappa shape index (κ2) is 5.62. The Morgan fingerprint density at radius 2 is 2.24 bits per heavy atom. The van der Waals surface area contributed by atoms with Gasteiger partial charge in [-0.25, -0.2) is 17.5 Å². The molecule has 0 bridgehead atoms. The predicted molar refractivity (Wildman–Crippen MR) is 74.6 cm³/mol. The van der Waals surface area contributed by atoms with Gasteiger partial charge in [0.15, 0.2) is 0 Å². The average Bonchev–Trinajstić information content (AvgIpc) is 2.84. The number of halogens is 1. The minimum absolute atomic E-state index is 0.00534. The Hall–Kier alpha value is -2.26. The van der Waals surface area contributed by atoms with Gasteiger partial charge in [0.1, 0.15) is 16.5 Å². The normalized spacial score (nSPS) is 11.5. The summed E-state index contributed by atoms with van der Waals surface area (Å²) in [5.41, 5.74) is 5.65. The summed E-state index contributed by atoms with van der Waals surface area (Å²) in [6.45, 7) is -0.207. The molecule has 4 N–H and O–H groups in total. The summed E-state index contributed by atoms with van der Waals surface area (Å²) in [7, 11) is -2.15. The first-order valence-electron chi connectivity index (χ1n) is 5.91. The van der Waals surface area contributed by atoms with Crippen LogP contribution in [0.5, 0.6) is 0 Å². The number of nitrogens with two attached hydrogens (primary N) is 1. The number of aryl methyl sites for hydroxylation is 1. The fraction of sp³-hybridized carbons (Fsp3) is 0.167. The number of nitrogens with one attached hydrogen (secondary N) is 2. The molecule has 0 saturated carbocycles. The number of amidine groups is 1. The molecular formula is C12H14FN5O2S. The van der Waals surface area contributed by atoms with Gasteiger partial charge in [0.05, 0.1) is 6.20 Å². The summed E-state index contributed by atoms with van der Waals surface area (Å²) in [4.78, 5) is 0.00534. The summed E-state index contributed by atoms with van der Waals surface area (Å²) >= 11 is 0. The fourth-order valence-electron chi connectivity index (χ4n) is 1.65. The van der Waals surface area contributed by atoms with Gasteiger partial charge in [-0.05, 0) is 6.07 Å². The average molecular weight is 311 g/mol. The first-order valence-corrected chi connectivity index (χ1v) is 7.39. The zero-order chi connectivity index (χ0) is 15.6. The lowest BCUT2D eigenvalue weighted by atomic mass is 10.1. The number of rotatable bonds is 5. The van der Waals surface area contributed by atoms with E-state index < -0.39 is 15.8 Å². The van der Waals surface area contributed by atoms with Crippen molar-refractivity contribution < 1.29 is 12.8 Å². The zero-order valence-electron chi connectivity index (χ0n) is 11.2. The molecule has 0 radical (unpaired) electrons. The Kier molecular flexibility index (Phi) is 4.05. The molecule has 1 aromatic carbocycles. The lowest BCUT2D eigenvalue weighted by Gasteiger charge is -2.07. The van der Waals surface area contributed by atoms with Crippen LogP contribution in [0.3, 0.4) is 0 Å². The topological polar surface area (TPSA) is 114 Å². The monoisotopic (exact) mass is 311 g/mol. The highest BCUT2D eigenvalue weighted by molar-refractivity contribution is 7.89. The third-order valence-electron chi connectivity index (χ3n) is 2.81. The highest BCUT2D eigenvalue weighted by Crippen LogP contribution is 2.12. The van der Waals surface area contributed by atoms with Crippen molar-refractivity contribution in [2.75, 3.05) is 0 Å². The summed E-state index contributed by atoms with van der Waals surface area (Å²) < 4.78 is 41.4. The minimum atomic E-state index is -3.75. The van der Waals surface area contributed by atoms with E-state index in [4.69, 9.17) is 11.1 Å². The molecule has 0 unspecified atom stereocenters. The van der Waals surface area contributed by atoms with Crippen molar-refractivity contribution >= 4 is 15.9 Å². The van der Waals surface area contributed by atoms with E-state index in [0.717, 1.165) is 6.07 Å². The first-order chi connectivity index (χ1) is 9.79. The van der Waals surface area contributed by atoms with Crippen LogP contribution < -0.4 is 10.5 Å².